The van der Waals surface area contributed by atoms with Crippen LogP contribution in [0.3, 0.4) is 0 Å². The molecule has 3 aromatic rings. The Morgan fingerprint density at radius 1 is 0.922 bits per heavy atom. The van der Waals surface area contributed by atoms with Crippen LogP contribution in [-0.2, 0) is 22.3 Å². The first-order valence-corrected chi connectivity index (χ1v) is 22.0. The molecule has 2 unspecified atom stereocenters. The van der Waals surface area contributed by atoms with E-state index in [0.29, 0.717) is 11.7 Å². The Morgan fingerprint density at radius 3 is 2.18 bits per heavy atom. The van der Waals surface area contributed by atoms with Crippen LogP contribution < -0.4 is 16.0 Å². The van der Waals surface area contributed by atoms with E-state index >= 15 is 0 Å². The first-order chi connectivity index (χ1) is 24.8. The summed E-state index contributed by atoms with van der Waals surface area (Å²) >= 11 is 0. The molecule has 51 heavy (non-hydrogen) atoms. The maximum Gasteiger partial charge on any atom is 0.328 e. The summed E-state index contributed by atoms with van der Waals surface area (Å²) in [5.41, 5.74) is 8.42. The van der Waals surface area contributed by atoms with Crippen LogP contribution in [0.5, 0.6) is 5.75 Å². The van der Waals surface area contributed by atoms with Crippen LogP contribution in [0.1, 0.15) is 163 Å². The number of hydrogen-bond donors (Lipinski definition) is 4. The minimum Gasteiger partial charge on any atom is -0.493 e. The van der Waals surface area contributed by atoms with Crippen molar-refractivity contribution in [3.05, 3.63) is 64.8 Å². The van der Waals surface area contributed by atoms with E-state index in [1.54, 1.807) is 0 Å². The number of amides is 1. The Bertz CT molecular complexity index is 1550. The van der Waals surface area contributed by atoms with Crippen molar-refractivity contribution in [2.45, 2.75) is 154 Å². The first kappa shape index (κ1) is 39.6. The van der Waals surface area contributed by atoms with Crippen molar-refractivity contribution in [3.63, 3.8) is 0 Å². The number of aromatic nitrogens is 1. The molecule has 2 atom stereocenters. The summed E-state index contributed by atoms with van der Waals surface area (Å²) in [6, 6.07) is 14.9. The van der Waals surface area contributed by atoms with Crippen LogP contribution in [0.15, 0.2) is 42.5 Å². The van der Waals surface area contributed by atoms with E-state index in [1.807, 2.05) is 6.07 Å². The third kappa shape index (κ3) is 11.2. The van der Waals surface area contributed by atoms with Crippen LogP contribution >= 0.6 is 7.60 Å². The molecule has 1 saturated carbocycles. The molecule has 0 radical (unpaired) electrons. The van der Waals surface area contributed by atoms with Crippen molar-refractivity contribution in [3.8, 4) is 5.75 Å². The highest BCUT2D eigenvalue weighted by Crippen LogP contribution is 2.46. The summed E-state index contributed by atoms with van der Waals surface area (Å²) in [4.78, 5) is 32.7. The van der Waals surface area contributed by atoms with Gasteiger partial charge in [-0.1, -0.05) is 127 Å². The lowest BCUT2D eigenvalue weighted by Crippen LogP contribution is -2.36. The molecule has 2 aromatic carbocycles. The van der Waals surface area contributed by atoms with Crippen molar-refractivity contribution in [1.82, 2.24) is 9.99 Å². The third-order valence-corrected chi connectivity index (χ3v) is 12.3. The Hall–Kier alpha value is -2.64. The molecule has 0 saturated heterocycles. The molecule has 1 aromatic heterocycles. The second kappa shape index (κ2) is 20.0. The lowest BCUT2D eigenvalue weighted by Gasteiger charge is -2.26. The maximum absolute atomic E-state index is 13.5. The molecule has 1 fully saturated rings. The number of hydrazine groups is 1. The van der Waals surface area contributed by atoms with Gasteiger partial charge in [-0.15, -0.1) is 0 Å². The zero-order valence-electron chi connectivity index (χ0n) is 31.1. The van der Waals surface area contributed by atoms with Crippen molar-refractivity contribution < 1.29 is 23.9 Å². The monoisotopic (exact) mass is 721 g/mol. The number of nitrogens with zero attached hydrogens (tertiary/aromatic N) is 1. The van der Waals surface area contributed by atoms with Gasteiger partial charge in [-0.05, 0) is 73.3 Å². The molecule has 2 aliphatic carbocycles. The fourth-order valence-electron chi connectivity index (χ4n) is 8.87. The highest BCUT2D eigenvalue weighted by molar-refractivity contribution is 7.51. The van der Waals surface area contributed by atoms with E-state index < -0.39 is 7.60 Å². The SMILES string of the molecule is CCCCCC(c1ccccc1)c1cc(OCCP(=O)(O)O)cc2c3c(n(CC4CCCCCCCCCCCCC4)c12)CCCC3C(=O)NN. The smallest absolute Gasteiger partial charge is 0.328 e. The normalized spacial score (nSPS) is 19.3. The molecule has 8 nitrogen and oxygen atoms in total. The van der Waals surface area contributed by atoms with Crippen LogP contribution in [0.2, 0.25) is 0 Å². The maximum atomic E-state index is 13.5. The van der Waals surface area contributed by atoms with Crippen molar-refractivity contribution in [2.75, 3.05) is 12.8 Å². The number of benzene rings is 2. The van der Waals surface area contributed by atoms with E-state index in [4.69, 9.17) is 10.6 Å². The highest BCUT2D eigenvalue weighted by Gasteiger charge is 2.34. The van der Waals surface area contributed by atoms with Gasteiger partial charge in [0.25, 0.3) is 0 Å². The number of carbonyl (C=O) groups is 1. The summed E-state index contributed by atoms with van der Waals surface area (Å²) in [7, 11) is -4.23. The van der Waals surface area contributed by atoms with Crippen molar-refractivity contribution in [1.29, 1.82) is 0 Å². The number of nitrogens with two attached hydrogens (primary N) is 1. The molecule has 1 amide bonds. The Kier molecular flexibility index (Phi) is 15.5. The minimum absolute atomic E-state index is 0.0846. The van der Waals surface area contributed by atoms with Gasteiger partial charge in [0.2, 0.25) is 5.91 Å². The predicted molar refractivity (Wildman–Crippen MR) is 208 cm³/mol. The number of nitrogens with one attached hydrogen (secondary N) is 1. The average Bonchev–Trinajstić information content (AvgIpc) is 3.44. The number of ether oxygens (including phenoxy) is 1. The molecule has 282 valence electrons. The topological polar surface area (TPSA) is 127 Å². The number of unbranched alkanes of at least 4 members (excludes halogenated alkanes) is 2. The number of hydrogen-bond acceptors (Lipinski definition) is 4. The molecule has 2 aliphatic rings. The van der Waals surface area contributed by atoms with Gasteiger partial charge in [0, 0.05) is 23.5 Å². The molecule has 0 spiro atoms. The Labute approximate surface area is 306 Å². The summed E-state index contributed by atoms with van der Waals surface area (Å²) in [5.74, 6) is 6.55. The van der Waals surface area contributed by atoms with Gasteiger partial charge in [-0.3, -0.25) is 14.8 Å². The van der Waals surface area contributed by atoms with Gasteiger partial charge >= 0.3 is 7.60 Å². The van der Waals surface area contributed by atoms with Gasteiger partial charge in [0.15, 0.2) is 0 Å². The van der Waals surface area contributed by atoms with Crippen LogP contribution in [0.4, 0.5) is 0 Å². The number of carbonyl (C=O) groups excluding carboxylic acids is 1. The minimum atomic E-state index is -4.23. The van der Waals surface area contributed by atoms with Gasteiger partial charge in [0.1, 0.15) is 5.75 Å². The third-order valence-electron chi connectivity index (χ3n) is 11.5. The van der Waals surface area contributed by atoms with Gasteiger partial charge in [0.05, 0.1) is 24.2 Å². The first-order valence-electron chi connectivity index (χ1n) is 20.2. The predicted octanol–water partition coefficient (Wildman–Crippen LogP) is 10.0. The summed E-state index contributed by atoms with van der Waals surface area (Å²) in [6.07, 6.45) is 23.6. The molecule has 0 aliphatic heterocycles. The van der Waals surface area contributed by atoms with Gasteiger partial charge in [-0.2, -0.15) is 0 Å². The van der Waals surface area contributed by atoms with Gasteiger partial charge in [-0.25, -0.2) is 5.84 Å². The fraction of sp³-hybridized carbons (Fsp3) is 0.643. The number of fused-ring (bicyclic) bond motifs is 3. The Balaban J connectivity index is 1.67. The van der Waals surface area contributed by atoms with E-state index in [9.17, 15) is 19.1 Å². The second-order valence-electron chi connectivity index (χ2n) is 15.4. The Morgan fingerprint density at radius 2 is 1.57 bits per heavy atom. The zero-order chi connectivity index (χ0) is 36.1. The second-order valence-corrected chi connectivity index (χ2v) is 17.1. The van der Waals surface area contributed by atoms with Crippen LogP contribution in [0, 0.1) is 5.92 Å². The van der Waals surface area contributed by atoms with Crippen molar-refractivity contribution >= 4 is 24.4 Å². The quantitative estimate of drug-likeness (QED) is 0.0458. The zero-order valence-corrected chi connectivity index (χ0v) is 32.0. The average molecular weight is 722 g/mol. The van der Waals surface area contributed by atoms with E-state index in [-0.39, 0.29) is 30.5 Å². The molecule has 9 heteroatoms. The molecule has 1 heterocycles. The largest absolute Gasteiger partial charge is 0.493 e. The summed E-state index contributed by atoms with van der Waals surface area (Å²) in [5, 5.41) is 1.03. The molecular weight excluding hydrogens is 657 g/mol. The highest BCUT2D eigenvalue weighted by atomic mass is 31.2. The molecule has 5 rings (SSSR count). The van der Waals surface area contributed by atoms with E-state index in [1.165, 1.54) is 106 Å². The standard InChI is InChI=1S/C42H64N3O5P/c1-2-3-14-24-35(33-22-17-13-18-23-33)37-29-34(50-27-28-51(47,48)49)30-38-40-36(42(46)44-43)25-19-26-39(40)45(41(37)38)31-32-20-15-11-9-7-5-4-6-8-10-12-16-21-32/h13,17-18,22-23,29-30,32,35-36H,2-12,14-16,19-21,24-28,31,43H2,1H3,(H,44,46)(H2,47,48,49). The summed E-state index contributed by atoms with van der Waals surface area (Å²) in [6.45, 7) is 3.09. The molecule has 5 N–H and O–H groups in total. The molecule has 0 bridgehead atoms. The van der Waals surface area contributed by atoms with Crippen LogP contribution in [0.25, 0.3) is 10.9 Å². The van der Waals surface area contributed by atoms with Crippen molar-refractivity contribution in [2.24, 2.45) is 11.8 Å². The lowest BCUT2D eigenvalue weighted by atomic mass is 9.82. The van der Waals surface area contributed by atoms with Crippen LogP contribution in [-0.4, -0.2) is 33.0 Å². The van der Waals surface area contributed by atoms with Gasteiger partial charge < -0.3 is 19.1 Å². The lowest BCUT2D eigenvalue weighted by molar-refractivity contribution is -0.122. The molecular formula is C42H64N3O5P. The number of rotatable bonds is 13. The summed E-state index contributed by atoms with van der Waals surface area (Å²) < 4.78 is 20.6. The van der Waals surface area contributed by atoms with E-state index in [2.05, 4.69) is 53.3 Å². The fourth-order valence-corrected chi connectivity index (χ4v) is 9.20. The van der Waals surface area contributed by atoms with E-state index in [0.717, 1.165) is 62.4 Å².